The van der Waals surface area contributed by atoms with Gasteiger partial charge >= 0.3 is 5.97 Å². The van der Waals surface area contributed by atoms with Crippen LogP contribution in [0, 0.1) is 0 Å². The van der Waals surface area contributed by atoms with E-state index in [0.717, 1.165) is 5.56 Å². The molecule has 0 aliphatic carbocycles. The second-order valence-corrected chi connectivity index (χ2v) is 3.61. The lowest BCUT2D eigenvalue weighted by atomic mass is 10.2. The van der Waals surface area contributed by atoms with Gasteiger partial charge in [-0.25, -0.2) is 0 Å². The lowest BCUT2D eigenvalue weighted by Crippen LogP contribution is -2.42. The fourth-order valence-corrected chi connectivity index (χ4v) is 1.20. The highest BCUT2D eigenvalue weighted by molar-refractivity contribution is 5.73. The largest absolute Gasteiger partial charge is 0.548 e. The number of carboxylic acids is 1. The van der Waals surface area contributed by atoms with Gasteiger partial charge in [-0.1, -0.05) is 30.3 Å². The minimum absolute atomic E-state index is 0.0238. The van der Waals surface area contributed by atoms with Crippen LogP contribution in [0.25, 0.3) is 0 Å². The first-order valence-corrected chi connectivity index (χ1v) is 5.25. The Hall–Kier alpha value is -1.88. The molecule has 0 radical (unpaired) electrons. The number of benzene rings is 1. The Morgan fingerprint density at radius 1 is 1.29 bits per heavy atom. The molecule has 0 saturated heterocycles. The van der Waals surface area contributed by atoms with Gasteiger partial charge in [-0.3, -0.25) is 4.79 Å². The van der Waals surface area contributed by atoms with Crippen LogP contribution in [0.1, 0.15) is 18.4 Å². The van der Waals surface area contributed by atoms with Gasteiger partial charge in [0.1, 0.15) is 6.61 Å². The summed E-state index contributed by atoms with van der Waals surface area (Å²) in [5.41, 5.74) is 6.08. The minimum Gasteiger partial charge on any atom is -0.548 e. The molecule has 0 heterocycles. The summed E-state index contributed by atoms with van der Waals surface area (Å²) in [6.07, 6.45) is -0.00205. The summed E-state index contributed by atoms with van der Waals surface area (Å²) >= 11 is 0. The van der Waals surface area contributed by atoms with Crippen LogP contribution in [0.5, 0.6) is 0 Å². The van der Waals surface area contributed by atoms with Crippen molar-refractivity contribution in [1.29, 1.82) is 0 Å². The van der Waals surface area contributed by atoms with Gasteiger partial charge in [0.05, 0.1) is 5.97 Å². The van der Waals surface area contributed by atoms with Crippen molar-refractivity contribution < 1.29 is 19.4 Å². The van der Waals surface area contributed by atoms with Crippen LogP contribution in [0.2, 0.25) is 0 Å². The van der Waals surface area contributed by atoms with Gasteiger partial charge in [0.15, 0.2) is 0 Å². The highest BCUT2D eigenvalue weighted by Gasteiger charge is 2.08. The van der Waals surface area contributed by atoms with Gasteiger partial charge in [-0.05, 0) is 12.0 Å². The van der Waals surface area contributed by atoms with Crippen molar-refractivity contribution in [3.63, 3.8) is 0 Å². The molecule has 1 aromatic rings. The third-order valence-electron chi connectivity index (χ3n) is 2.20. The van der Waals surface area contributed by atoms with Crippen LogP contribution in [-0.2, 0) is 20.9 Å². The summed E-state index contributed by atoms with van der Waals surface area (Å²) in [4.78, 5) is 21.6. The third kappa shape index (κ3) is 5.12. The smallest absolute Gasteiger partial charge is 0.306 e. The van der Waals surface area contributed by atoms with E-state index in [1.807, 2.05) is 30.3 Å². The molecule has 0 aliphatic rings. The van der Waals surface area contributed by atoms with E-state index < -0.39 is 18.0 Å². The summed E-state index contributed by atoms with van der Waals surface area (Å²) in [6, 6.07) is 8.09. The predicted molar refractivity (Wildman–Crippen MR) is 58.5 cm³/mol. The van der Waals surface area contributed by atoms with E-state index in [-0.39, 0.29) is 19.4 Å². The van der Waals surface area contributed by atoms with Crippen LogP contribution in [0.4, 0.5) is 0 Å². The van der Waals surface area contributed by atoms with Gasteiger partial charge < -0.3 is 20.4 Å². The number of aliphatic carboxylic acids is 1. The first-order valence-electron chi connectivity index (χ1n) is 5.25. The van der Waals surface area contributed by atoms with E-state index in [1.165, 1.54) is 0 Å². The number of esters is 1. The number of rotatable bonds is 6. The van der Waals surface area contributed by atoms with E-state index in [1.54, 1.807) is 0 Å². The molecule has 0 saturated carbocycles. The standard InChI is InChI=1S/C12H15NO4/c13-10(12(15)16)6-7-11(14)17-8-9-4-2-1-3-5-9/h1-5,10H,6-8,13H2,(H,15,16)/p-1. The number of nitrogens with two attached hydrogens (primary N) is 1. The topological polar surface area (TPSA) is 92.5 Å². The lowest BCUT2D eigenvalue weighted by molar-refractivity contribution is -0.307. The van der Waals surface area contributed by atoms with Gasteiger partial charge in [0, 0.05) is 12.5 Å². The van der Waals surface area contributed by atoms with Crippen molar-refractivity contribution in [1.82, 2.24) is 0 Å². The molecule has 0 bridgehead atoms. The number of carbonyl (C=O) groups excluding carboxylic acids is 2. The average molecular weight is 236 g/mol. The summed E-state index contributed by atoms with van der Waals surface area (Å²) in [5.74, 6) is -1.83. The summed E-state index contributed by atoms with van der Waals surface area (Å²) in [7, 11) is 0. The molecule has 1 unspecified atom stereocenters. The Kier molecular flexibility index (Phi) is 5.16. The van der Waals surface area contributed by atoms with Crippen molar-refractivity contribution >= 4 is 11.9 Å². The zero-order valence-electron chi connectivity index (χ0n) is 9.30. The van der Waals surface area contributed by atoms with Gasteiger partial charge in [0.25, 0.3) is 0 Å². The normalized spacial score (nSPS) is 11.8. The average Bonchev–Trinajstić information content (AvgIpc) is 2.34. The first kappa shape index (κ1) is 13.2. The molecule has 1 aromatic carbocycles. The molecule has 0 aliphatic heterocycles. The fourth-order valence-electron chi connectivity index (χ4n) is 1.20. The number of hydrogen-bond acceptors (Lipinski definition) is 5. The summed E-state index contributed by atoms with van der Waals surface area (Å²) in [5, 5.41) is 10.3. The molecule has 17 heavy (non-hydrogen) atoms. The highest BCUT2D eigenvalue weighted by atomic mass is 16.5. The van der Waals surface area contributed by atoms with Crippen LogP contribution >= 0.6 is 0 Å². The molecule has 5 heteroatoms. The predicted octanol–water partition coefficient (Wildman–Crippen LogP) is -0.413. The number of carboxylic acid groups (broad SMARTS) is 1. The Balaban J connectivity index is 2.24. The lowest BCUT2D eigenvalue weighted by Gasteiger charge is -2.11. The maximum atomic E-state index is 11.3. The Morgan fingerprint density at radius 3 is 2.53 bits per heavy atom. The fraction of sp³-hybridized carbons (Fsp3) is 0.333. The van der Waals surface area contributed by atoms with E-state index >= 15 is 0 Å². The van der Waals surface area contributed by atoms with Crippen molar-refractivity contribution in [2.24, 2.45) is 5.73 Å². The molecule has 0 amide bonds. The summed E-state index contributed by atoms with van der Waals surface area (Å²) in [6.45, 7) is 0.181. The van der Waals surface area contributed by atoms with Gasteiger partial charge in [-0.2, -0.15) is 0 Å². The Morgan fingerprint density at radius 2 is 1.94 bits per heavy atom. The number of ether oxygens (including phenoxy) is 1. The Labute approximate surface area is 99.2 Å². The van der Waals surface area contributed by atoms with Crippen molar-refractivity contribution in [3.05, 3.63) is 35.9 Å². The molecule has 2 N–H and O–H groups in total. The SMILES string of the molecule is NC(CCC(=O)OCc1ccccc1)C(=O)[O-]. The number of carbonyl (C=O) groups is 2. The maximum Gasteiger partial charge on any atom is 0.306 e. The maximum absolute atomic E-state index is 11.3. The minimum atomic E-state index is -1.36. The van der Waals surface area contributed by atoms with E-state index in [4.69, 9.17) is 10.5 Å². The molecular formula is C12H14NO4-. The van der Waals surface area contributed by atoms with E-state index in [2.05, 4.69) is 0 Å². The molecular weight excluding hydrogens is 222 g/mol. The van der Waals surface area contributed by atoms with Gasteiger partial charge in [-0.15, -0.1) is 0 Å². The monoisotopic (exact) mass is 236 g/mol. The third-order valence-corrected chi connectivity index (χ3v) is 2.20. The molecule has 0 spiro atoms. The zero-order chi connectivity index (χ0) is 12.7. The Bertz CT molecular complexity index is 377. The first-order chi connectivity index (χ1) is 8.09. The van der Waals surface area contributed by atoms with Crippen LogP contribution < -0.4 is 10.8 Å². The van der Waals surface area contributed by atoms with Crippen LogP contribution in [0.3, 0.4) is 0 Å². The van der Waals surface area contributed by atoms with Gasteiger partial charge in [0.2, 0.25) is 0 Å². The molecule has 0 fully saturated rings. The second-order valence-electron chi connectivity index (χ2n) is 3.61. The molecule has 92 valence electrons. The number of hydrogen-bond donors (Lipinski definition) is 1. The second kappa shape index (κ2) is 6.65. The summed E-state index contributed by atoms with van der Waals surface area (Å²) < 4.78 is 4.95. The van der Waals surface area contributed by atoms with Crippen LogP contribution in [-0.4, -0.2) is 18.0 Å². The van der Waals surface area contributed by atoms with E-state index in [9.17, 15) is 14.7 Å². The molecule has 5 nitrogen and oxygen atoms in total. The van der Waals surface area contributed by atoms with Crippen molar-refractivity contribution in [3.8, 4) is 0 Å². The quantitative estimate of drug-likeness (QED) is 0.677. The molecule has 1 atom stereocenters. The van der Waals surface area contributed by atoms with Crippen molar-refractivity contribution in [2.45, 2.75) is 25.5 Å². The molecule has 1 rings (SSSR count). The van der Waals surface area contributed by atoms with E-state index in [0.29, 0.717) is 0 Å². The van der Waals surface area contributed by atoms with Crippen LogP contribution in [0.15, 0.2) is 30.3 Å². The molecule has 0 aromatic heterocycles. The zero-order valence-corrected chi connectivity index (χ0v) is 9.30. The van der Waals surface area contributed by atoms with Crippen molar-refractivity contribution in [2.75, 3.05) is 0 Å². The highest BCUT2D eigenvalue weighted by Crippen LogP contribution is 2.03.